The zero-order valence-electron chi connectivity index (χ0n) is 15.7. The summed E-state index contributed by atoms with van der Waals surface area (Å²) in [6.45, 7) is 12.6. The lowest BCUT2D eigenvalue weighted by Crippen LogP contribution is -2.27. The number of hydrogen-bond acceptors (Lipinski definition) is 3. The van der Waals surface area contributed by atoms with Gasteiger partial charge in [0.2, 0.25) is 10.0 Å². The van der Waals surface area contributed by atoms with Gasteiger partial charge in [0, 0.05) is 18.8 Å². The zero-order chi connectivity index (χ0) is 18.9. The molecule has 2 rings (SSSR count). The van der Waals surface area contributed by atoms with E-state index in [2.05, 4.69) is 25.8 Å². The van der Waals surface area contributed by atoms with Gasteiger partial charge < -0.3 is 0 Å². The number of halogens is 1. The van der Waals surface area contributed by atoms with E-state index in [1.807, 2.05) is 52.3 Å². The molecule has 0 aliphatic carbocycles. The minimum absolute atomic E-state index is 0.379. The molecule has 1 N–H and O–H groups in total. The fourth-order valence-electron chi connectivity index (χ4n) is 2.98. The summed E-state index contributed by atoms with van der Waals surface area (Å²) in [6, 6.07) is 2.03. The molecule has 0 atom stereocenters. The average Bonchev–Trinajstić information content (AvgIpc) is 2.77. The number of benzene rings is 1. The van der Waals surface area contributed by atoms with Crippen molar-refractivity contribution in [2.75, 3.05) is 6.54 Å². The highest BCUT2D eigenvalue weighted by atomic mass is 79.9. The summed E-state index contributed by atoms with van der Waals surface area (Å²) < 4.78 is 31.2. The highest BCUT2D eigenvalue weighted by Crippen LogP contribution is 2.26. The molecular weight excluding hydrogens is 402 g/mol. The number of aryl methyl sites for hydroxylation is 4. The van der Waals surface area contributed by atoms with Crippen molar-refractivity contribution in [3.05, 3.63) is 44.2 Å². The fourth-order valence-corrected chi connectivity index (χ4v) is 4.95. The predicted molar refractivity (Wildman–Crippen MR) is 105 cm³/mol. The van der Waals surface area contributed by atoms with Crippen LogP contribution in [0.4, 0.5) is 0 Å². The van der Waals surface area contributed by atoms with E-state index in [1.54, 1.807) is 0 Å². The molecule has 5 nitrogen and oxygen atoms in total. The van der Waals surface area contributed by atoms with Crippen LogP contribution in [0.15, 0.2) is 15.4 Å². The summed E-state index contributed by atoms with van der Waals surface area (Å²) in [5.74, 6) is 0. The van der Waals surface area contributed by atoms with Gasteiger partial charge in [-0.15, -0.1) is 0 Å². The quantitative estimate of drug-likeness (QED) is 0.711. The molecule has 0 fully saturated rings. The molecule has 2 aromatic rings. The molecular formula is C18H26BrN3O2S. The third-order valence-electron chi connectivity index (χ3n) is 4.70. The van der Waals surface area contributed by atoms with Crippen LogP contribution in [0.3, 0.4) is 0 Å². The summed E-state index contributed by atoms with van der Waals surface area (Å²) in [4.78, 5) is 0.416. The number of hydrogen-bond donors (Lipinski definition) is 1. The molecule has 0 aliphatic heterocycles. The smallest absolute Gasteiger partial charge is 0.241 e. The molecule has 0 spiro atoms. The number of rotatable bonds is 6. The molecule has 0 unspecified atom stereocenters. The van der Waals surface area contributed by atoms with Crippen LogP contribution >= 0.6 is 15.9 Å². The van der Waals surface area contributed by atoms with E-state index in [0.717, 1.165) is 38.1 Å². The van der Waals surface area contributed by atoms with E-state index in [0.29, 0.717) is 24.4 Å². The molecule has 0 aliphatic rings. The highest BCUT2D eigenvalue weighted by molar-refractivity contribution is 9.10. The Kier molecular flexibility index (Phi) is 6.12. The summed E-state index contributed by atoms with van der Waals surface area (Å²) >= 11 is 3.51. The standard InChI is InChI=1S/C18H26BrN3O2S/c1-11-10-12(2)14(4)18(13(11)3)25(23,24)20-8-7-9-22-16(6)17(19)15(5)21-22/h10,20H,7-9H2,1-6H3. The van der Waals surface area contributed by atoms with Gasteiger partial charge in [0.15, 0.2) is 0 Å². The van der Waals surface area contributed by atoms with Crippen molar-refractivity contribution < 1.29 is 8.42 Å². The minimum atomic E-state index is -3.52. The van der Waals surface area contributed by atoms with E-state index in [9.17, 15) is 8.42 Å². The Bertz CT molecular complexity index is 876. The first-order valence-electron chi connectivity index (χ1n) is 8.32. The number of aromatic nitrogens is 2. The van der Waals surface area contributed by atoms with E-state index >= 15 is 0 Å². The summed E-state index contributed by atoms with van der Waals surface area (Å²) in [5.41, 5.74) is 5.63. The Morgan fingerprint density at radius 2 is 1.64 bits per heavy atom. The predicted octanol–water partition coefficient (Wildman–Crippen LogP) is 3.86. The SMILES string of the molecule is Cc1cc(C)c(C)c(S(=O)(=O)NCCCn2nc(C)c(Br)c2C)c1C. The van der Waals surface area contributed by atoms with Gasteiger partial charge in [-0.25, -0.2) is 13.1 Å². The first kappa shape index (κ1) is 20.1. The minimum Gasteiger partial charge on any atom is -0.268 e. The number of nitrogens with zero attached hydrogens (tertiary/aromatic N) is 2. The van der Waals surface area contributed by atoms with Crippen LogP contribution in [0.5, 0.6) is 0 Å². The van der Waals surface area contributed by atoms with Crippen LogP contribution in [-0.4, -0.2) is 24.7 Å². The van der Waals surface area contributed by atoms with Gasteiger partial charge in [-0.3, -0.25) is 4.68 Å². The van der Waals surface area contributed by atoms with E-state index in [1.165, 1.54) is 0 Å². The first-order valence-corrected chi connectivity index (χ1v) is 10.6. The van der Waals surface area contributed by atoms with Crippen LogP contribution < -0.4 is 4.72 Å². The molecule has 1 heterocycles. The largest absolute Gasteiger partial charge is 0.268 e. The Hall–Kier alpha value is -1.18. The molecule has 1 aromatic heterocycles. The summed E-state index contributed by atoms with van der Waals surface area (Å²) in [5, 5.41) is 4.45. The number of sulfonamides is 1. The molecule has 0 bridgehead atoms. The van der Waals surface area contributed by atoms with E-state index in [4.69, 9.17) is 0 Å². The third kappa shape index (κ3) is 4.15. The Morgan fingerprint density at radius 1 is 1.08 bits per heavy atom. The molecule has 0 saturated heterocycles. The lowest BCUT2D eigenvalue weighted by Gasteiger charge is -2.16. The van der Waals surface area contributed by atoms with Gasteiger partial charge in [-0.05, 0) is 86.1 Å². The van der Waals surface area contributed by atoms with Crippen molar-refractivity contribution in [3.8, 4) is 0 Å². The van der Waals surface area contributed by atoms with Crippen LogP contribution in [0.2, 0.25) is 0 Å². The summed E-state index contributed by atoms with van der Waals surface area (Å²) in [6.07, 6.45) is 0.677. The fraction of sp³-hybridized carbons (Fsp3) is 0.500. The third-order valence-corrected chi connectivity index (χ3v) is 7.58. The second-order valence-electron chi connectivity index (χ2n) is 6.55. The van der Waals surface area contributed by atoms with Crippen molar-refractivity contribution in [1.29, 1.82) is 0 Å². The Labute approximate surface area is 159 Å². The second-order valence-corrected chi connectivity index (χ2v) is 9.05. The maximum absolute atomic E-state index is 12.8. The van der Waals surface area contributed by atoms with Crippen molar-refractivity contribution in [1.82, 2.24) is 14.5 Å². The molecule has 0 radical (unpaired) electrons. The van der Waals surface area contributed by atoms with Gasteiger partial charge in [0.1, 0.15) is 0 Å². The normalized spacial score (nSPS) is 12.0. The van der Waals surface area contributed by atoms with Crippen molar-refractivity contribution >= 4 is 26.0 Å². The lowest BCUT2D eigenvalue weighted by atomic mass is 10.0. The van der Waals surface area contributed by atoms with Crippen LogP contribution in [0.25, 0.3) is 0 Å². The van der Waals surface area contributed by atoms with Gasteiger partial charge in [0.05, 0.1) is 15.1 Å². The average molecular weight is 428 g/mol. The Morgan fingerprint density at radius 3 is 2.12 bits per heavy atom. The summed E-state index contributed by atoms with van der Waals surface area (Å²) in [7, 11) is -3.52. The highest BCUT2D eigenvalue weighted by Gasteiger charge is 2.21. The topological polar surface area (TPSA) is 64.0 Å². The van der Waals surface area contributed by atoms with Gasteiger partial charge in [-0.1, -0.05) is 6.07 Å². The van der Waals surface area contributed by atoms with Crippen molar-refractivity contribution in [3.63, 3.8) is 0 Å². The van der Waals surface area contributed by atoms with Gasteiger partial charge in [-0.2, -0.15) is 5.10 Å². The molecule has 1 aromatic carbocycles. The maximum atomic E-state index is 12.8. The van der Waals surface area contributed by atoms with E-state index < -0.39 is 10.0 Å². The Balaban J connectivity index is 2.09. The van der Waals surface area contributed by atoms with Gasteiger partial charge >= 0.3 is 0 Å². The van der Waals surface area contributed by atoms with E-state index in [-0.39, 0.29) is 0 Å². The zero-order valence-corrected chi connectivity index (χ0v) is 18.1. The second kappa shape index (κ2) is 7.60. The van der Waals surface area contributed by atoms with Crippen LogP contribution in [0.1, 0.15) is 40.1 Å². The van der Waals surface area contributed by atoms with Crippen LogP contribution in [0, 0.1) is 41.5 Å². The molecule has 7 heteroatoms. The number of nitrogens with one attached hydrogen (secondary N) is 1. The molecule has 0 amide bonds. The van der Waals surface area contributed by atoms with Gasteiger partial charge in [0.25, 0.3) is 0 Å². The molecule has 25 heavy (non-hydrogen) atoms. The van der Waals surface area contributed by atoms with Crippen LogP contribution in [-0.2, 0) is 16.6 Å². The van der Waals surface area contributed by atoms with Crippen molar-refractivity contribution in [2.45, 2.75) is 59.4 Å². The monoisotopic (exact) mass is 427 g/mol. The molecule has 138 valence electrons. The maximum Gasteiger partial charge on any atom is 0.241 e. The lowest BCUT2D eigenvalue weighted by molar-refractivity contribution is 0.543. The molecule has 0 saturated carbocycles. The van der Waals surface area contributed by atoms with Crippen molar-refractivity contribution in [2.24, 2.45) is 0 Å². The first-order chi connectivity index (χ1) is 11.6.